The second-order valence-corrected chi connectivity index (χ2v) is 4.83. The van der Waals surface area contributed by atoms with Gasteiger partial charge in [-0.05, 0) is 36.1 Å². The van der Waals surface area contributed by atoms with Gasteiger partial charge < -0.3 is 5.73 Å². The summed E-state index contributed by atoms with van der Waals surface area (Å²) in [6, 6.07) is 6.03. The monoisotopic (exact) mass is 229 g/mol. The fraction of sp³-hybridized carbons (Fsp3) is 0.357. The molecule has 0 aliphatic rings. The van der Waals surface area contributed by atoms with Gasteiger partial charge in [0, 0.05) is 24.5 Å². The molecule has 3 heteroatoms. The van der Waals surface area contributed by atoms with Crippen LogP contribution in [0.25, 0.3) is 11.1 Å². The molecule has 0 unspecified atom stereocenters. The molecule has 17 heavy (non-hydrogen) atoms. The van der Waals surface area contributed by atoms with Crippen LogP contribution >= 0.6 is 0 Å². The summed E-state index contributed by atoms with van der Waals surface area (Å²) in [6.45, 7) is 6.42. The molecule has 0 aliphatic heterocycles. The fourth-order valence-corrected chi connectivity index (χ4v) is 2.13. The molecule has 0 amide bonds. The summed E-state index contributed by atoms with van der Waals surface area (Å²) in [5, 5.41) is 4.54. The van der Waals surface area contributed by atoms with Crippen LogP contribution in [-0.2, 0) is 7.05 Å². The largest absolute Gasteiger partial charge is 0.399 e. The molecule has 1 heterocycles. The third kappa shape index (κ3) is 2.18. The summed E-state index contributed by atoms with van der Waals surface area (Å²) in [6.07, 6.45) is 2.08. The number of hydrogen-bond donors (Lipinski definition) is 1. The van der Waals surface area contributed by atoms with E-state index in [9.17, 15) is 0 Å². The molecule has 2 N–H and O–H groups in total. The number of nitrogen functional groups attached to an aromatic ring is 1. The van der Waals surface area contributed by atoms with Gasteiger partial charge in [-0.3, -0.25) is 4.68 Å². The average molecular weight is 229 g/mol. The maximum absolute atomic E-state index is 5.79. The molecule has 0 saturated carbocycles. The van der Waals surface area contributed by atoms with Crippen LogP contribution in [0.4, 0.5) is 5.69 Å². The van der Waals surface area contributed by atoms with E-state index in [2.05, 4.69) is 38.1 Å². The van der Waals surface area contributed by atoms with Gasteiger partial charge in [-0.1, -0.05) is 19.9 Å². The zero-order valence-corrected chi connectivity index (χ0v) is 10.9. The first-order chi connectivity index (χ1) is 7.99. The van der Waals surface area contributed by atoms with E-state index in [1.807, 2.05) is 23.9 Å². The maximum Gasteiger partial charge on any atom is 0.0728 e. The Morgan fingerprint density at radius 3 is 2.53 bits per heavy atom. The van der Waals surface area contributed by atoms with Crippen LogP contribution < -0.4 is 5.73 Å². The Morgan fingerprint density at radius 2 is 1.94 bits per heavy atom. The number of aryl methyl sites for hydroxylation is 2. The highest BCUT2D eigenvalue weighted by atomic mass is 15.3. The molecule has 2 rings (SSSR count). The van der Waals surface area contributed by atoms with Crippen molar-refractivity contribution in [1.29, 1.82) is 0 Å². The molecule has 0 bridgehead atoms. The molecule has 1 aromatic heterocycles. The molecule has 0 saturated heterocycles. The van der Waals surface area contributed by atoms with Crippen LogP contribution in [0.2, 0.25) is 0 Å². The smallest absolute Gasteiger partial charge is 0.0728 e. The van der Waals surface area contributed by atoms with Gasteiger partial charge in [0.05, 0.1) is 5.69 Å². The lowest BCUT2D eigenvalue weighted by atomic mass is 9.96. The summed E-state index contributed by atoms with van der Waals surface area (Å²) in [5.41, 5.74) is 11.4. The Labute approximate surface area is 102 Å². The van der Waals surface area contributed by atoms with Crippen molar-refractivity contribution < 1.29 is 0 Å². The molecule has 1 aromatic carbocycles. The highest BCUT2D eigenvalue weighted by Crippen LogP contribution is 2.31. The first-order valence-electron chi connectivity index (χ1n) is 5.89. The number of nitrogens with two attached hydrogens (primary N) is 1. The van der Waals surface area contributed by atoms with E-state index in [-0.39, 0.29) is 0 Å². The van der Waals surface area contributed by atoms with Gasteiger partial charge in [-0.25, -0.2) is 0 Å². The van der Waals surface area contributed by atoms with Crippen LogP contribution in [0, 0.1) is 6.92 Å². The van der Waals surface area contributed by atoms with E-state index in [0.717, 1.165) is 11.4 Å². The zero-order chi connectivity index (χ0) is 12.6. The summed E-state index contributed by atoms with van der Waals surface area (Å²) in [5.74, 6) is 0.420. The van der Waals surface area contributed by atoms with Crippen LogP contribution in [0.1, 0.15) is 31.0 Å². The minimum atomic E-state index is 0.420. The molecule has 0 spiro atoms. The molecule has 0 aliphatic carbocycles. The van der Waals surface area contributed by atoms with E-state index in [4.69, 9.17) is 5.73 Å². The van der Waals surface area contributed by atoms with Gasteiger partial charge in [0.2, 0.25) is 0 Å². The van der Waals surface area contributed by atoms with Crippen molar-refractivity contribution in [3.05, 3.63) is 35.7 Å². The molecule has 0 fully saturated rings. The van der Waals surface area contributed by atoms with Crippen LogP contribution in [0.5, 0.6) is 0 Å². The van der Waals surface area contributed by atoms with E-state index >= 15 is 0 Å². The van der Waals surface area contributed by atoms with Crippen LogP contribution in [0.15, 0.2) is 24.4 Å². The van der Waals surface area contributed by atoms with Gasteiger partial charge in [-0.2, -0.15) is 5.10 Å². The van der Waals surface area contributed by atoms with Gasteiger partial charge in [0.15, 0.2) is 0 Å². The maximum atomic E-state index is 5.79. The Hall–Kier alpha value is -1.77. The summed E-state index contributed by atoms with van der Waals surface area (Å²) in [7, 11) is 1.96. The molecular weight excluding hydrogens is 210 g/mol. The van der Waals surface area contributed by atoms with Crippen LogP contribution in [0.3, 0.4) is 0 Å². The third-order valence-electron chi connectivity index (χ3n) is 2.94. The van der Waals surface area contributed by atoms with E-state index < -0.39 is 0 Å². The van der Waals surface area contributed by atoms with Gasteiger partial charge in [0.25, 0.3) is 0 Å². The quantitative estimate of drug-likeness (QED) is 0.804. The number of rotatable bonds is 2. The van der Waals surface area contributed by atoms with Gasteiger partial charge >= 0.3 is 0 Å². The Morgan fingerprint density at radius 1 is 1.24 bits per heavy atom. The molecule has 0 radical (unpaired) electrons. The topological polar surface area (TPSA) is 43.8 Å². The van der Waals surface area contributed by atoms with E-state index in [0.29, 0.717) is 5.92 Å². The molecule has 0 atom stereocenters. The predicted molar refractivity (Wildman–Crippen MR) is 71.9 cm³/mol. The Balaban J connectivity index is 2.59. The minimum absolute atomic E-state index is 0.420. The summed E-state index contributed by atoms with van der Waals surface area (Å²) < 4.78 is 1.88. The van der Waals surface area contributed by atoms with Crippen molar-refractivity contribution >= 4 is 5.69 Å². The van der Waals surface area contributed by atoms with E-state index in [1.165, 1.54) is 16.7 Å². The van der Waals surface area contributed by atoms with Crippen molar-refractivity contribution in [2.75, 3.05) is 5.73 Å². The predicted octanol–water partition coefficient (Wildman–Crippen LogP) is 3.10. The fourth-order valence-electron chi connectivity index (χ4n) is 2.13. The minimum Gasteiger partial charge on any atom is -0.399 e. The second-order valence-electron chi connectivity index (χ2n) is 4.83. The lowest BCUT2D eigenvalue weighted by Crippen LogP contribution is -1.94. The third-order valence-corrected chi connectivity index (χ3v) is 2.94. The highest BCUT2D eigenvalue weighted by molar-refractivity contribution is 5.71. The van der Waals surface area contributed by atoms with Crippen molar-refractivity contribution in [3.63, 3.8) is 0 Å². The standard InChI is InChI=1S/C14H19N3/c1-9(2)14-13(8-17(4)16-14)12-6-5-11(15)7-10(12)3/h5-9H,15H2,1-4H3. The summed E-state index contributed by atoms with van der Waals surface area (Å²) in [4.78, 5) is 0. The number of benzene rings is 1. The average Bonchev–Trinajstić information content (AvgIpc) is 2.60. The van der Waals surface area contributed by atoms with Crippen molar-refractivity contribution in [1.82, 2.24) is 9.78 Å². The van der Waals surface area contributed by atoms with Crippen LogP contribution in [-0.4, -0.2) is 9.78 Å². The SMILES string of the molecule is Cc1cc(N)ccc1-c1cn(C)nc1C(C)C. The normalized spacial score (nSPS) is 11.1. The van der Waals surface area contributed by atoms with Gasteiger partial charge in [-0.15, -0.1) is 0 Å². The zero-order valence-electron chi connectivity index (χ0n) is 10.9. The van der Waals surface area contributed by atoms with Gasteiger partial charge in [0.1, 0.15) is 0 Å². The summed E-state index contributed by atoms with van der Waals surface area (Å²) >= 11 is 0. The first kappa shape index (κ1) is 11.7. The highest BCUT2D eigenvalue weighted by Gasteiger charge is 2.14. The molecule has 2 aromatic rings. The number of nitrogens with zero attached hydrogens (tertiary/aromatic N) is 2. The number of anilines is 1. The van der Waals surface area contributed by atoms with Crippen molar-refractivity contribution in [2.24, 2.45) is 7.05 Å². The van der Waals surface area contributed by atoms with Crippen molar-refractivity contribution in [2.45, 2.75) is 26.7 Å². The number of aromatic nitrogens is 2. The molecular formula is C14H19N3. The molecule has 3 nitrogen and oxygen atoms in total. The number of hydrogen-bond acceptors (Lipinski definition) is 2. The lowest BCUT2D eigenvalue weighted by molar-refractivity contribution is 0.713. The van der Waals surface area contributed by atoms with Crippen molar-refractivity contribution in [3.8, 4) is 11.1 Å². The Kier molecular flexibility index (Phi) is 2.92. The first-order valence-corrected chi connectivity index (χ1v) is 5.89. The molecule has 90 valence electrons. The Bertz CT molecular complexity index is 538. The second kappa shape index (κ2) is 4.24. The van der Waals surface area contributed by atoms with E-state index in [1.54, 1.807) is 0 Å². The lowest BCUT2D eigenvalue weighted by Gasteiger charge is -2.08.